The molecule has 0 aromatic carbocycles. The van der Waals surface area contributed by atoms with E-state index in [0.717, 1.165) is 0 Å². The molecule has 0 amide bonds. The summed E-state index contributed by atoms with van der Waals surface area (Å²) < 4.78 is 27.3. The van der Waals surface area contributed by atoms with Gasteiger partial charge in [-0.2, -0.15) is 15.0 Å². The van der Waals surface area contributed by atoms with E-state index in [1.807, 2.05) is 0 Å². The predicted octanol–water partition coefficient (Wildman–Crippen LogP) is 0.380. The quantitative estimate of drug-likeness (QED) is 0.805. The van der Waals surface area contributed by atoms with Gasteiger partial charge >= 0.3 is 6.01 Å². The zero-order valence-corrected chi connectivity index (χ0v) is 11.0. The molecule has 0 saturated heterocycles. The molecular formula is C8H13ClN4O3S. The first-order chi connectivity index (χ1) is 7.96. The lowest BCUT2D eigenvalue weighted by Crippen LogP contribution is -2.18. The van der Waals surface area contributed by atoms with Gasteiger partial charge in [0.2, 0.25) is 11.2 Å². The Morgan fingerprint density at radius 3 is 2.65 bits per heavy atom. The second-order valence-electron chi connectivity index (χ2n) is 3.08. The summed E-state index contributed by atoms with van der Waals surface area (Å²) in [6.45, 7) is 1.80. The molecule has 0 spiro atoms. The molecule has 1 heterocycles. The number of aromatic nitrogens is 3. The summed E-state index contributed by atoms with van der Waals surface area (Å²) in [6, 6.07) is 0.0749. The zero-order valence-electron chi connectivity index (χ0n) is 9.47. The van der Waals surface area contributed by atoms with Crippen molar-refractivity contribution < 1.29 is 13.2 Å². The van der Waals surface area contributed by atoms with Gasteiger partial charge in [0.05, 0.1) is 12.9 Å². The molecule has 0 bridgehead atoms. The summed E-state index contributed by atoms with van der Waals surface area (Å²) in [5, 5.41) is 2.73. The van der Waals surface area contributed by atoms with Crippen molar-refractivity contribution in [1.29, 1.82) is 0 Å². The standard InChI is InChI=1S/C8H13ClN4O3S/c1-3-17(14,15)5-4-10-7-11-6(9)12-8(13-7)16-2/h3-5H2,1-2H3,(H,10,11,12,13). The molecule has 0 unspecified atom stereocenters. The third-order valence-electron chi connectivity index (χ3n) is 1.91. The minimum Gasteiger partial charge on any atom is -0.467 e. The number of methoxy groups -OCH3 is 1. The van der Waals surface area contributed by atoms with Crippen LogP contribution in [0, 0.1) is 0 Å². The summed E-state index contributed by atoms with van der Waals surface area (Å²) in [6.07, 6.45) is 0. The smallest absolute Gasteiger partial charge is 0.322 e. The van der Waals surface area contributed by atoms with Gasteiger partial charge in [-0.25, -0.2) is 8.42 Å². The molecule has 7 nitrogen and oxygen atoms in total. The fourth-order valence-corrected chi connectivity index (χ4v) is 1.82. The summed E-state index contributed by atoms with van der Waals surface area (Å²) in [5.74, 6) is 0.304. The van der Waals surface area contributed by atoms with E-state index in [9.17, 15) is 8.42 Å². The van der Waals surface area contributed by atoms with Crippen LogP contribution in [0.2, 0.25) is 5.28 Å². The van der Waals surface area contributed by atoms with Gasteiger partial charge in [-0.05, 0) is 11.6 Å². The second-order valence-corrected chi connectivity index (χ2v) is 5.89. The number of ether oxygens (including phenoxy) is 1. The van der Waals surface area contributed by atoms with E-state index in [4.69, 9.17) is 16.3 Å². The fourth-order valence-electron chi connectivity index (χ4n) is 0.965. The summed E-state index contributed by atoms with van der Waals surface area (Å²) >= 11 is 5.62. The third kappa shape index (κ3) is 4.70. The molecule has 0 saturated carbocycles. The number of anilines is 1. The average molecular weight is 281 g/mol. The zero-order chi connectivity index (χ0) is 12.9. The van der Waals surface area contributed by atoms with Crippen LogP contribution in [0.1, 0.15) is 6.92 Å². The molecule has 17 heavy (non-hydrogen) atoms. The Balaban J connectivity index is 2.61. The molecule has 1 aromatic rings. The number of nitrogens with one attached hydrogen (secondary N) is 1. The Hall–Kier alpha value is -1.15. The second kappa shape index (κ2) is 5.97. The van der Waals surface area contributed by atoms with Crippen molar-refractivity contribution in [1.82, 2.24) is 15.0 Å². The van der Waals surface area contributed by atoms with E-state index >= 15 is 0 Å². The van der Waals surface area contributed by atoms with Gasteiger partial charge in [-0.1, -0.05) is 6.92 Å². The van der Waals surface area contributed by atoms with Crippen molar-refractivity contribution >= 4 is 27.4 Å². The molecule has 0 atom stereocenters. The van der Waals surface area contributed by atoms with E-state index in [-0.39, 0.29) is 35.3 Å². The number of nitrogens with zero attached hydrogens (tertiary/aromatic N) is 3. The Morgan fingerprint density at radius 1 is 1.35 bits per heavy atom. The van der Waals surface area contributed by atoms with Gasteiger partial charge in [0, 0.05) is 12.3 Å². The Bertz CT molecular complexity index is 480. The normalized spacial score (nSPS) is 11.2. The van der Waals surface area contributed by atoms with Crippen molar-refractivity contribution in [2.24, 2.45) is 0 Å². The third-order valence-corrected chi connectivity index (χ3v) is 3.78. The monoisotopic (exact) mass is 280 g/mol. The highest BCUT2D eigenvalue weighted by Crippen LogP contribution is 2.10. The van der Waals surface area contributed by atoms with Gasteiger partial charge in [0.15, 0.2) is 9.84 Å². The van der Waals surface area contributed by atoms with Gasteiger partial charge in [0.1, 0.15) is 0 Å². The van der Waals surface area contributed by atoms with Crippen molar-refractivity contribution in [3.8, 4) is 6.01 Å². The highest BCUT2D eigenvalue weighted by atomic mass is 35.5. The van der Waals surface area contributed by atoms with E-state index in [1.165, 1.54) is 7.11 Å². The minimum absolute atomic E-state index is 0.00905. The molecule has 1 aromatic heterocycles. The van der Waals surface area contributed by atoms with Gasteiger partial charge in [-0.3, -0.25) is 0 Å². The van der Waals surface area contributed by atoms with Gasteiger partial charge in [-0.15, -0.1) is 0 Å². The van der Waals surface area contributed by atoms with Crippen molar-refractivity contribution in [3.63, 3.8) is 0 Å². The van der Waals surface area contributed by atoms with Crippen LogP contribution in [0.15, 0.2) is 0 Å². The predicted molar refractivity (Wildman–Crippen MR) is 64.2 cm³/mol. The maximum atomic E-state index is 11.2. The van der Waals surface area contributed by atoms with Crippen molar-refractivity contribution in [2.75, 3.05) is 30.5 Å². The van der Waals surface area contributed by atoms with E-state index in [1.54, 1.807) is 6.92 Å². The molecule has 1 rings (SSSR count). The van der Waals surface area contributed by atoms with E-state index < -0.39 is 9.84 Å². The molecule has 0 radical (unpaired) electrons. The lowest BCUT2D eigenvalue weighted by molar-refractivity contribution is 0.379. The maximum absolute atomic E-state index is 11.2. The SMILES string of the molecule is CCS(=O)(=O)CCNc1nc(Cl)nc(OC)n1. The molecular weight excluding hydrogens is 268 g/mol. The molecule has 1 N–H and O–H groups in total. The Labute approximate surface area is 105 Å². The van der Waals surface area contributed by atoms with Gasteiger partial charge < -0.3 is 10.1 Å². The topological polar surface area (TPSA) is 94.1 Å². The highest BCUT2D eigenvalue weighted by molar-refractivity contribution is 7.91. The van der Waals surface area contributed by atoms with Crippen molar-refractivity contribution in [2.45, 2.75) is 6.92 Å². The van der Waals surface area contributed by atoms with Gasteiger partial charge in [0.25, 0.3) is 0 Å². The van der Waals surface area contributed by atoms with Crippen LogP contribution in [0.25, 0.3) is 0 Å². The average Bonchev–Trinajstić information content (AvgIpc) is 2.28. The number of rotatable bonds is 6. The summed E-state index contributed by atoms with van der Waals surface area (Å²) in [7, 11) is -1.61. The first kappa shape index (κ1) is 13.9. The first-order valence-corrected chi connectivity index (χ1v) is 7.06. The first-order valence-electron chi connectivity index (χ1n) is 4.86. The summed E-state index contributed by atoms with van der Waals surface area (Å²) in [5.41, 5.74) is 0. The summed E-state index contributed by atoms with van der Waals surface area (Å²) in [4.78, 5) is 11.3. The van der Waals surface area contributed by atoms with Crippen LogP contribution in [-0.4, -0.2) is 48.5 Å². The number of hydrogen-bond acceptors (Lipinski definition) is 7. The Morgan fingerprint density at radius 2 is 2.06 bits per heavy atom. The lowest BCUT2D eigenvalue weighted by atomic mass is 10.7. The highest BCUT2D eigenvalue weighted by Gasteiger charge is 2.08. The van der Waals surface area contributed by atoms with Crippen LogP contribution in [0.3, 0.4) is 0 Å². The largest absolute Gasteiger partial charge is 0.467 e. The van der Waals surface area contributed by atoms with Crippen LogP contribution >= 0.6 is 11.6 Å². The molecule has 0 fully saturated rings. The molecule has 96 valence electrons. The lowest BCUT2D eigenvalue weighted by Gasteiger charge is -2.05. The number of hydrogen-bond donors (Lipinski definition) is 1. The maximum Gasteiger partial charge on any atom is 0.322 e. The van der Waals surface area contributed by atoms with Crippen molar-refractivity contribution in [3.05, 3.63) is 5.28 Å². The molecule has 0 aliphatic rings. The van der Waals surface area contributed by atoms with Crippen LogP contribution in [0.4, 0.5) is 5.95 Å². The number of halogens is 1. The molecule has 0 aliphatic carbocycles. The fraction of sp³-hybridized carbons (Fsp3) is 0.625. The minimum atomic E-state index is -3.01. The van der Waals surface area contributed by atoms with Crippen LogP contribution in [-0.2, 0) is 9.84 Å². The van der Waals surface area contributed by atoms with Crippen LogP contribution < -0.4 is 10.1 Å². The Kier molecular flexibility index (Phi) is 4.88. The van der Waals surface area contributed by atoms with E-state index in [2.05, 4.69) is 20.3 Å². The molecule has 0 aliphatic heterocycles. The number of sulfone groups is 1. The van der Waals surface area contributed by atoms with Crippen LogP contribution in [0.5, 0.6) is 6.01 Å². The molecule has 9 heteroatoms. The van der Waals surface area contributed by atoms with E-state index in [0.29, 0.717) is 0 Å².